The largest absolute Gasteiger partial charge is 0.493 e. The van der Waals surface area contributed by atoms with Crippen molar-refractivity contribution in [3.63, 3.8) is 0 Å². The molecule has 6 heteroatoms. The third-order valence-electron chi connectivity index (χ3n) is 4.31. The first-order valence-corrected chi connectivity index (χ1v) is 8.23. The molecule has 24 heavy (non-hydrogen) atoms. The molecule has 0 atom stereocenters. The van der Waals surface area contributed by atoms with Gasteiger partial charge in [0.2, 0.25) is 0 Å². The van der Waals surface area contributed by atoms with E-state index in [1.807, 2.05) is 4.90 Å². The van der Waals surface area contributed by atoms with Gasteiger partial charge in [-0.2, -0.15) is 0 Å². The second-order valence-electron chi connectivity index (χ2n) is 6.39. The number of amides is 2. The van der Waals surface area contributed by atoms with E-state index in [1.165, 1.54) is 12.0 Å². The van der Waals surface area contributed by atoms with Gasteiger partial charge in [0.25, 0.3) is 11.8 Å². The van der Waals surface area contributed by atoms with Crippen molar-refractivity contribution >= 4 is 11.8 Å². The fourth-order valence-electron chi connectivity index (χ4n) is 2.72. The average Bonchev–Trinajstić information content (AvgIpc) is 2.59. The summed E-state index contributed by atoms with van der Waals surface area (Å²) >= 11 is 0. The van der Waals surface area contributed by atoms with E-state index in [0.717, 1.165) is 25.9 Å². The minimum atomic E-state index is -0.192. The summed E-state index contributed by atoms with van der Waals surface area (Å²) in [6.45, 7) is 3.63. The predicted molar refractivity (Wildman–Crippen MR) is 91.5 cm³/mol. The Morgan fingerprint density at radius 3 is 2.50 bits per heavy atom. The summed E-state index contributed by atoms with van der Waals surface area (Å²) in [4.78, 5) is 28.0. The number of piperidine rings is 1. The van der Waals surface area contributed by atoms with Crippen LogP contribution in [-0.4, -0.2) is 62.5 Å². The monoisotopic (exact) mass is 334 g/mol. The van der Waals surface area contributed by atoms with Crippen LogP contribution in [0.4, 0.5) is 0 Å². The molecule has 1 aromatic carbocycles. The van der Waals surface area contributed by atoms with E-state index in [4.69, 9.17) is 9.47 Å². The first kappa shape index (κ1) is 18.1. The minimum absolute atomic E-state index is 0.0592. The number of para-hydroxylation sites is 1. The zero-order valence-corrected chi connectivity index (χ0v) is 14.9. The van der Waals surface area contributed by atoms with Gasteiger partial charge in [-0.25, -0.2) is 0 Å². The van der Waals surface area contributed by atoms with Crippen LogP contribution in [0.25, 0.3) is 0 Å². The highest BCUT2D eigenvalue weighted by molar-refractivity contribution is 5.97. The van der Waals surface area contributed by atoms with Crippen LogP contribution in [-0.2, 0) is 4.79 Å². The molecule has 0 unspecified atom stereocenters. The Hall–Kier alpha value is -2.24. The van der Waals surface area contributed by atoms with Crippen LogP contribution in [0.15, 0.2) is 18.2 Å². The molecule has 0 aliphatic carbocycles. The van der Waals surface area contributed by atoms with Crippen molar-refractivity contribution < 1.29 is 19.1 Å². The Bertz CT molecular complexity index is 593. The summed E-state index contributed by atoms with van der Waals surface area (Å²) in [6, 6.07) is 5.12. The van der Waals surface area contributed by atoms with Gasteiger partial charge in [-0.05, 0) is 30.9 Å². The molecule has 0 N–H and O–H groups in total. The van der Waals surface area contributed by atoms with Gasteiger partial charge in [0, 0.05) is 27.2 Å². The van der Waals surface area contributed by atoms with E-state index in [9.17, 15) is 9.59 Å². The number of benzene rings is 1. The summed E-state index contributed by atoms with van der Waals surface area (Å²) in [5.74, 6) is 1.17. The van der Waals surface area contributed by atoms with E-state index in [0.29, 0.717) is 23.0 Å². The number of carbonyl (C=O) groups excluding carboxylic acids is 2. The van der Waals surface area contributed by atoms with Crippen LogP contribution in [0.2, 0.25) is 0 Å². The molecule has 6 nitrogen and oxygen atoms in total. The average molecular weight is 334 g/mol. The maximum absolute atomic E-state index is 12.4. The van der Waals surface area contributed by atoms with Crippen LogP contribution in [0.5, 0.6) is 11.5 Å². The molecule has 2 rings (SSSR count). The predicted octanol–water partition coefficient (Wildman–Crippen LogP) is 2.03. The number of ether oxygens (including phenoxy) is 2. The Labute approximate surface area is 143 Å². The minimum Gasteiger partial charge on any atom is -0.493 e. The lowest BCUT2D eigenvalue weighted by Crippen LogP contribution is -2.40. The number of rotatable bonds is 5. The van der Waals surface area contributed by atoms with Crippen LogP contribution in [0.1, 0.15) is 30.1 Å². The van der Waals surface area contributed by atoms with Crippen molar-refractivity contribution in [1.82, 2.24) is 9.80 Å². The topological polar surface area (TPSA) is 59.1 Å². The van der Waals surface area contributed by atoms with Crippen LogP contribution >= 0.6 is 0 Å². The normalized spacial score (nSPS) is 15.1. The molecular formula is C18H26N2O4. The molecule has 2 amide bonds. The molecule has 0 aromatic heterocycles. The Balaban J connectivity index is 2.10. The zero-order valence-electron chi connectivity index (χ0n) is 14.9. The summed E-state index contributed by atoms with van der Waals surface area (Å²) in [6.07, 6.45) is 2.04. The molecule has 1 aliphatic rings. The molecule has 132 valence electrons. The van der Waals surface area contributed by atoms with E-state index in [2.05, 4.69) is 6.92 Å². The smallest absolute Gasteiger partial charge is 0.260 e. The van der Waals surface area contributed by atoms with Crippen LogP contribution in [0.3, 0.4) is 0 Å². The maximum Gasteiger partial charge on any atom is 0.260 e. The highest BCUT2D eigenvalue weighted by Gasteiger charge is 2.23. The summed E-state index contributed by atoms with van der Waals surface area (Å²) in [7, 11) is 4.86. The molecular weight excluding hydrogens is 308 g/mol. The van der Waals surface area contributed by atoms with E-state index < -0.39 is 0 Å². The lowest BCUT2D eigenvalue weighted by molar-refractivity contribution is -0.134. The lowest BCUT2D eigenvalue weighted by atomic mass is 9.99. The van der Waals surface area contributed by atoms with Crippen molar-refractivity contribution in [2.45, 2.75) is 19.8 Å². The summed E-state index contributed by atoms with van der Waals surface area (Å²) in [5.41, 5.74) is 0.388. The first-order chi connectivity index (χ1) is 11.4. The Kier molecular flexibility index (Phi) is 6.06. The van der Waals surface area contributed by atoms with Gasteiger partial charge >= 0.3 is 0 Å². The van der Waals surface area contributed by atoms with Crippen molar-refractivity contribution in [2.75, 3.05) is 40.9 Å². The number of methoxy groups -OCH3 is 1. The SMILES string of the molecule is COc1cccc(C(=O)N(C)C)c1OCC(=O)N1CCC(C)CC1. The van der Waals surface area contributed by atoms with Gasteiger partial charge < -0.3 is 19.3 Å². The van der Waals surface area contributed by atoms with Gasteiger partial charge in [0.1, 0.15) is 0 Å². The van der Waals surface area contributed by atoms with E-state index >= 15 is 0 Å². The van der Waals surface area contributed by atoms with Crippen molar-refractivity contribution in [1.29, 1.82) is 0 Å². The highest BCUT2D eigenvalue weighted by atomic mass is 16.5. The van der Waals surface area contributed by atoms with Crippen molar-refractivity contribution in [3.05, 3.63) is 23.8 Å². The third-order valence-corrected chi connectivity index (χ3v) is 4.31. The standard InChI is InChI=1S/C18H26N2O4/c1-13-8-10-20(11-9-13)16(21)12-24-17-14(18(22)19(2)3)6-5-7-15(17)23-4/h5-7,13H,8-12H2,1-4H3. The molecule has 0 bridgehead atoms. The fraction of sp³-hybridized carbons (Fsp3) is 0.556. The fourth-order valence-corrected chi connectivity index (χ4v) is 2.72. The summed E-state index contributed by atoms with van der Waals surface area (Å²) in [5, 5.41) is 0. The van der Waals surface area contributed by atoms with Crippen LogP contribution in [0, 0.1) is 5.92 Å². The third kappa shape index (κ3) is 4.19. The molecule has 0 spiro atoms. The van der Waals surface area contributed by atoms with Gasteiger partial charge in [-0.1, -0.05) is 13.0 Å². The molecule has 1 saturated heterocycles. The van der Waals surface area contributed by atoms with Crippen LogP contribution < -0.4 is 9.47 Å². The molecule has 1 heterocycles. The van der Waals surface area contributed by atoms with Gasteiger partial charge in [-0.15, -0.1) is 0 Å². The van der Waals surface area contributed by atoms with E-state index in [-0.39, 0.29) is 18.4 Å². The van der Waals surface area contributed by atoms with E-state index in [1.54, 1.807) is 32.3 Å². The zero-order chi connectivity index (χ0) is 17.7. The van der Waals surface area contributed by atoms with Gasteiger partial charge in [0.05, 0.1) is 12.7 Å². The number of hydrogen-bond donors (Lipinski definition) is 0. The molecule has 1 aliphatic heterocycles. The molecule has 0 radical (unpaired) electrons. The van der Waals surface area contributed by atoms with Gasteiger partial charge in [-0.3, -0.25) is 9.59 Å². The number of carbonyl (C=O) groups is 2. The van der Waals surface area contributed by atoms with Crippen molar-refractivity contribution in [3.8, 4) is 11.5 Å². The van der Waals surface area contributed by atoms with Gasteiger partial charge in [0.15, 0.2) is 18.1 Å². The molecule has 0 saturated carbocycles. The quantitative estimate of drug-likeness (QED) is 0.827. The highest BCUT2D eigenvalue weighted by Crippen LogP contribution is 2.32. The first-order valence-electron chi connectivity index (χ1n) is 8.23. The number of nitrogens with zero attached hydrogens (tertiary/aromatic N) is 2. The molecule has 1 aromatic rings. The Morgan fingerprint density at radius 1 is 1.25 bits per heavy atom. The lowest BCUT2D eigenvalue weighted by Gasteiger charge is -2.30. The second-order valence-corrected chi connectivity index (χ2v) is 6.39. The number of likely N-dealkylation sites (tertiary alicyclic amines) is 1. The number of hydrogen-bond acceptors (Lipinski definition) is 4. The maximum atomic E-state index is 12.4. The summed E-state index contributed by atoms with van der Waals surface area (Å²) < 4.78 is 11.0. The van der Waals surface area contributed by atoms with Crippen molar-refractivity contribution in [2.24, 2.45) is 5.92 Å². The second kappa shape index (κ2) is 8.04. The molecule has 1 fully saturated rings. The Morgan fingerprint density at radius 2 is 1.92 bits per heavy atom.